The number of pyridine rings is 1. The van der Waals surface area contributed by atoms with Crippen LogP contribution in [0.1, 0.15) is 71.7 Å². The SMILES string of the molecule is Cc1ccccc1-c1noc(C2CC2)c1COC1CC2CC[C@@H](C1)N2c1cc(C(=O)O)ccn1. The van der Waals surface area contributed by atoms with Crippen molar-refractivity contribution in [2.24, 2.45) is 0 Å². The molecule has 7 nitrogen and oxygen atoms in total. The Labute approximate surface area is 198 Å². The molecule has 1 saturated carbocycles. The van der Waals surface area contributed by atoms with E-state index in [2.05, 4.69) is 34.1 Å². The third kappa shape index (κ3) is 3.88. The Morgan fingerprint density at radius 3 is 2.62 bits per heavy atom. The van der Waals surface area contributed by atoms with Crippen molar-refractivity contribution in [2.45, 2.75) is 76.2 Å². The predicted molar refractivity (Wildman–Crippen MR) is 127 cm³/mol. The Balaban J connectivity index is 1.19. The molecule has 3 atom stereocenters. The number of benzene rings is 1. The van der Waals surface area contributed by atoms with Crippen LogP contribution in [0, 0.1) is 6.92 Å². The summed E-state index contributed by atoms with van der Waals surface area (Å²) in [5, 5.41) is 13.8. The number of nitrogens with zero attached hydrogens (tertiary/aromatic N) is 3. The standard InChI is InChI=1S/C27H29N3O4/c1-16-4-2-3-5-22(16)25-23(26(34-29-25)17-6-7-17)15-33-21-13-19-8-9-20(14-21)30(19)24-12-18(27(31)32)10-11-28-24/h2-5,10-12,17,19-21H,6-9,13-15H2,1H3,(H,31,32)/t19-,20?,21?/m0/s1. The first-order valence-electron chi connectivity index (χ1n) is 12.2. The molecule has 0 spiro atoms. The van der Waals surface area contributed by atoms with Gasteiger partial charge in [-0.3, -0.25) is 0 Å². The zero-order valence-electron chi connectivity index (χ0n) is 19.3. The highest BCUT2D eigenvalue weighted by Crippen LogP contribution is 2.45. The molecule has 6 rings (SSSR count). The van der Waals surface area contributed by atoms with Crippen LogP contribution >= 0.6 is 0 Å². The highest BCUT2D eigenvalue weighted by atomic mass is 16.5. The van der Waals surface area contributed by atoms with Crippen LogP contribution < -0.4 is 4.90 Å². The topological polar surface area (TPSA) is 88.7 Å². The zero-order valence-corrected chi connectivity index (χ0v) is 19.3. The Hall–Kier alpha value is -3.19. The Bertz CT molecular complexity index is 1200. The van der Waals surface area contributed by atoms with E-state index in [9.17, 15) is 9.90 Å². The largest absolute Gasteiger partial charge is 0.478 e. The summed E-state index contributed by atoms with van der Waals surface area (Å²) in [6.45, 7) is 2.61. The second-order valence-corrected chi connectivity index (χ2v) is 9.87. The van der Waals surface area contributed by atoms with Crippen LogP contribution in [0.3, 0.4) is 0 Å². The molecule has 3 aromatic rings. The highest BCUT2D eigenvalue weighted by molar-refractivity contribution is 5.88. The third-order valence-electron chi connectivity index (χ3n) is 7.58. The van der Waals surface area contributed by atoms with Crippen molar-refractivity contribution in [2.75, 3.05) is 4.90 Å². The average molecular weight is 460 g/mol. The van der Waals surface area contributed by atoms with Crippen molar-refractivity contribution in [3.8, 4) is 11.3 Å². The van der Waals surface area contributed by atoms with Gasteiger partial charge < -0.3 is 19.3 Å². The van der Waals surface area contributed by atoms with Crippen LogP contribution in [0.15, 0.2) is 47.1 Å². The first-order chi connectivity index (χ1) is 16.6. The fourth-order valence-corrected chi connectivity index (χ4v) is 5.71. The second kappa shape index (κ2) is 8.55. The molecule has 1 aromatic carbocycles. The van der Waals surface area contributed by atoms with Crippen LogP contribution in [-0.4, -0.2) is 39.4 Å². The summed E-state index contributed by atoms with van der Waals surface area (Å²) < 4.78 is 12.4. The van der Waals surface area contributed by atoms with Crippen LogP contribution in [0.2, 0.25) is 0 Å². The molecule has 2 aliphatic heterocycles. The van der Waals surface area contributed by atoms with E-state index in [0.29, 0.717) is 24.6 Å². The quantitative estimate of drug-likeness (QED) is 0.510. The number of piperidine rings is 1. The summed E-state index contributed by atoms with van der Waals surface area (Å²) in [5.74, 6) is 1.31. The van der Waals surface area contributed by atoms with Gasteiger partial charge in [-0.1, -0.05) is 29.4 Å². The molecule has 176 valence electrons. The number of ether oxygens (including phenoxy) is 1. The first-order valence-corrected chi connectivity index (χ1v) is 12.2. The minimum atomic E-state index is -0.918. The second-order valence-electron chi connectivity index (χ2n) is 9.87. The smallest absolute Gasteiger partial charge is 0.335 e. The summed E-state index contributed by atoms with van der Waals surface area (Å²) in [7, 11) is 0. The molecule has 0 radical (unpaired) electrons. The van der Waals surface area contributed by atoms with Crippen LogP contribution in [0.4, 0.5) is 5.82 Å². The van der Waals surface area contributed by atoms with Gasteiger partial charge in [-0.15, -0.1) is 0 Å². The van der Waals surface area contributed by atoms with Gasteiger partial charge in [0.15, 0.2) is 0 Å². The van der Waals surface area contributed by atoms with E-state index in [4.69, 9.17) is 9.26 Å². The van der Waals surface area contributed by atoms with Gasteiger partial charge >= 0.3 is 5.97 Å². The number of aryl methyl sites for hydroxylation is 1. The highest BCUT2D eigenvalue weighted by Gasteiger charge is 2.42. The van der Waals surface area contributed by atoms with E-state index >= 15 is 0 Å². The first kappa shape index (κ1) is 21.4. The van der Waals surface area contributed by atoms with E-state index in [1.807, 2.05) is 12.1 Å². The Morgan fingerprint density at radius 1 is 1.15 bits per heavy atom. The summed E-state index contributed by atoms with van der Waals surface area (Å²) in [5.41, 5.74) is 4.59. The van der Waals surface area contributed by atoms with E-state index < -0.39 is 5.97 Å². The van der Waals surface area contributed by atoms with Gasteiger partial charge in [0.2, 0.25) is 0 Å². The fourth-order valence-electron chi connectivity index (χ4n) is 5.71. The Kier molecular flexibility index (Phi) is 5.37. The maximum atomic E-state index is 11.4. The number of rotatable bonds is 7. The molecular formula is C27H29N3O4. The summed E-state index contributed by atoms with van der Waals surface area (Å²) in [6.07, 6.45) is 8.05. The van der Waals surface area contributed by atoms with Gasteiger partial charge in [0.25, 0.3) is 0 Å². The van der Waals surface area contributed by atoms with Gasteiger partial charge in [0.05, 0.1) is 18.3 Å². The van der Waals surface area contributed by atoms with Crippen molar-refractivity contribution >= 4 is 11.8 Å². The molecular weight excluding hydrogens is 430 g/mol. The van der Waals surface area contributed by atoms with E-state index in [1.54, 1.807) is 18.3 Å². The van der Waals surface area contributed by atoms with Crippen LogP contribution in [0.5, 0.6) is 0 Å². The van der Waals surface area contributed by atoms with Gasteiger partial charge in [0.1, 0.15) is 17.3 Å². The summed E-state index contributed by atoms with van der Waals surface area (Å²) in [4.78, 5) is 18.2. The van der Waals surface area contributed by atoms with Crippen molar-refractivity contribution in [1.82, 2.24) is 10.1 Å². The van der Waals surface area contributed by atoms with Gasteiger partial charge in [-0.05, 0) is 63.1 Å². The lowest BCUT2D eigenvalue weighted by Gasteiger charge is -2.39. The lowest BCUT2D eigenvalue weighted by Crippen LogP contribution is -2.46. The van der Waals surface area contributed by atoms with Crippen molar-refractivity contribution in [3.05, 3.63) is 65.0 Å². The molecule has 2 bridgehead atoms. The van der Waals surface area contributed by atoms with E-state index in [0.717, 1.165) is 66.9 Å². The molecule has 7 heteroatoms. The van der Waals surface area contributed by atoms with Crippen molar-refractivity contribution in [3.63, 3.8) is 0 Å². The number of carboxylic acids is 1. The number of carboxylic acid groups (broad SMARTS) is 1. The number of carbonyl (C=O) groups is 1. The average Bonchev–Trinajstić information content (AvgIpc) is 3.54. The Morgan fingerprint density at radius 2 is 1.91 bits per heavy atom. The normalized spacial score (nSPS) is 23.9. The number of fused-ring (bicyclic) bond motifs is 2. The number of aromatic nitrogens is 2. The van der Waals surface area contributed by atoms with Crippen molar-refractivity contribution in [1.29, 1.82) is 0 Å². The lowest BCUT2D eigenvalue weighted by molar-refractivity contribution is 0.0146. The monoisotopic (exact) mass is 459 g/mol. The molecule has 2 aromatic heterocycles. The van der Waals surface area contributed by atoms with E-state index in [-0.39, 0.29) is 11.7 Å². The number of hydrogen-bond acceptors (Lipinski definition) is 6. The minimum absolute atomic E-state index is 0.156. The summed E-state index contributed by atoms with van der Waals surface area (Å²) >= 11 is 0. The molecule has 1 N–H and O–H groups in total. The van der Waals surface area contributed by atoms with Crippen LogP contribution in [-0.2, 0) is 11.3 Å². The maximum absolute atomic E-state index is 11.4. The molecule has 2 unspecified atom stereocenters. The molecule has 2 saturated heterocycles. The van der Waals surface area contributed by atoms with Gasteiger partial charge in [0, 0.05) is 35.3 Å². The molecule has 3 fully saturated rings. The summed E-state index contributed by atoms with van der Waals surface area (Å²) in [6, 6.07) is 12.2. The fraction of sp³-hybridized carbons (Fsp3) is 0.444. The third-order valence-corrected chi connectivity index (χ3v) is 7.58. The van der Waals surface area contributed by atoms with Gasteiger partial charge in [-0.25, -0.2) is 9.78 Å². The lowest BCUT2D eigenvalue weighted by atomic mass is 9.98. The molecule has 3 aliphatic rings. The minimum Gasteiger partial charge on any atom is -0.478 e. The van der Waals surface area contributed by atoms with Gasteiger partial charge in [-0.2, -0.15) is 0 Å². The number of anilines is 1. The number of aromatic carboxylic acids is 1. The maximum Gasteiger partial charge on any atom is 0.335 e. The van der Waals surface area contributed by atoms with Crippen LogP contribution in [0.25, 0.3) is 11.3 Å². The molecule has 0 amide bonds. The van der Waals surface area contributed by atoms with E-state index in [1.165, 1.54) is 5.56 Å². The predicted octanol–water partition coefficient (Wildman–Crippen LogP) is 5.34. The molecule has 34 heavy (non-hydrogen) atoms. The number of hydrogen-bond donors (Lipinski definition) is 1. The zero-order chi connectivity index (χ0) is 23.2. The molecule has 1 aliphatic carbocycles. The van der Waals surface area contributed by atoms with Crippen molar-refractivity contribution < 1.29 is 19.2 Å². The molecule has 4 heterocycles.